The van der Waals surface area contributed by atoms with E-state index in [1.54, 1.807) is 12.1 Å². The van der Waals surface area contributed by atoms with Crippen molar-refractivity contribution >= 4 is 21.5 Å². The van der Waals surface area contributed by atoms with Gasteiger partial charge in [-0.1, -0.05) is 24.3 Å². The summed E-state index contributed by atoms with van der Waals surface area (Å²) in [6, 6.07) is 16.5. The Morgan fingerprint density at radius 2 is 1.76 bits per heavy atom. The molecule has 0 atom stereocenters. The summed E-state index contributed by atoms with van der Waals surface area (Å²) in [6.07, 6.45) is 1.82. The minimum absolute atomic E-state index is 0.0947. The third-order valence-corrected chi connectivity index (χ3v) is 5.82. The van der Waals surface area contributed by atoms with Crippen molar-refractivity contribution in [3.05, 3.63) is 77.5 Å². The first-order valence-electron chi connectivity index (χ1n) is 9.09. The zero-order chi connectivity index (χ0) is 20.6. The molecule has 4 rings (SSSR count). The number of nitrogens with one attached hydrogen (secondary N) is 1. The molecule has 2 aromatic carbocycles. The topological polar surface area (TPSA) is 102 Å². The maximum Gasteiger partial charge on any atom is 0.238 e. The molecule has 0 bridgehead atoms. The van der Waals surface area contributed by atoms with Gasteiger partial charge in [-0.15, -0.1) is 5.10 Å². The Labute approximate surface area is 169 Å². The number of fused-ring (bicyclic) bond motifs is 1. The van der Waals surface area contributed by atoms with Crippen molar-refractivity contribution < 1.29 is 8.42 Å². The summed E-state index contributed by atoms with van der Waals surface area (Å²) in [5, 5.41) is 13.1. The lowest BCUT2D eigenvalue weighted by Gasteiger charge is -2.09. The molecule has 0 amide bonds. The SMILES string of the molecule is Cc1ccc(-c2cnc3ccc(NCc4ccc(S(N)(=O)=O)cc4)nn23)cc1C. The molecule has 0 spiro atoms. The van der Waals surface area contributed by atoms with Gasteiger partial charge in [0.05, 0.1) is 16.8 Å². The molecule has 0 saturated heterocycles. The molecule has 0 aliphatic carbocycles. The van der Waals surface area contributed by atoms with Crippen molar-refractivity contribution in [3.8, 4) is 11.3 Å². The monoisotopic (exact) mass is 407 g/mol. The minimum atomic E-state index is -3.68. The van der Waals surface area contributed by atoms with Crippen LogP contribution >= 0.6 is 0 Å². The number of rotatable bonds is 5. The predicted molar refractivity (Wildman–Crippen MR) is 113 cm³/mol. The van der Waals surface area contributed by atoms with E-state index >= 15 is 0 Å². The first kappa shape index (κ1) is 19.1. The second-order valence-corrected chi connectivity index (χ2v) is 8.53. The highest BCUT2D eigenvalue weighted by Crippen LogP contribution is 2.23. The Kier molecular flexibility index (Phi) is 4.81. The van der Waals surface area contributed by atoms with Gasteiger partial charge in [0.25, 0.3) is 0 Å². The van der Waals surface area contributed by atoms with Gasteiger partial charge in [-0.05, 0) is 60.9 Å². The molecular formula is C21H21N5O2S. The van der Waals surface area contributed by atoms with Crippen LogP contribution in [0.1, 0.15) is 16.7 Å². The number of primary sulfonamides is 1. The first-order chi connectivity index (χ1) is 13.8. The van der Waals surface area contributed by atoms with Gasteiger partial charge in [-0.2, -0.15) is 0 Å². The fraction of sp³-hybridized carbons (Fsp3) is 0.143. The summed E-state index contributed by atoms with van der Waals surface area (Å²) in [5.41, 5.74) is 6.12. The smallest absolute Gasteiger partial charge is 0.238 e. The average molecular weight is 407 g/mol. The number of aryl methyl sites for hydroxylation is 2. The number of imidazole rings is 1. The van der Waals surface area contributed by atoms with Crippen molar-refractivity contribution in [2.24, 2.45) is 5.14 Å². The molecule has 2 aromatic heterocycles. The summed E-state index contributed by atoms with van der Waals surface area (Å²) in [4.78, 5) is 4.54. The lowest BCUT2D eigenvalue weighted by atomic mass is 10.0. The number of aromatic nitrogens is 3. The molecule has 2 heterocycles. The zero-order valence-electron chi connectivity index (χ0n) is 16.1. The van der Waals surface area contributed by atoms with Gasteiger partial charge in [0.2, 0.25) is 10.0 Å². The normalized spacial score (nSPS) is 11.7. The Morgan fingerprint density at radius 3 is 2.45 bits per heavy atom. The molecule has 29 heavy (non-hydrogen) atoms. The van der Waals surface area contributed by atoms with E-state index in [9.17, 15) is 8.42 Å². The second-order valence-electron chi connectivity index (χ2n) is 6.97. The summed E-state index contributed by atoms with van der Waals surface area (Å²) in [5.74, 6) is 0.691. The van der Waals surface area contributed by atoms with Crippen molar-refractivity contribution in [2.45, 2.75) is 25.3 Å². The van der Waals surface area contributed by atoms with Gasteiger partial charge in [0, 0.05) is 12.1 Å². The molecule has 0 radical (unpaired) electrons. The number of hydrogen-bond donors (Lipinski definition) is 2. The molecule has 3 N–H and O–H groups in total. The predicted octanol–water partition coefficient (Wildman–Crippen LogP) is 3.27. The summed E-state index contributed by atoms with van der Waals surface area (Å²) in [6.45, 7) is 4.67. The van der Waals surface area contributed by atoms with Gasteiger partial charge >= 0.3 is 0 Å². The second kappa shape index (κ2) is 7.31. The molecule has 0 unspecified atom stereocenters. The highest BCUT2D eigenvalue weighted by molar-refractivity contribution is 7.89. The van der Waals surface area contributed by atoms with E-state index < -0.39 is 10.0 Å². The van der Waals surface area contributed by atoms with Crippen molar-refractivity contribution in [1.82, 2.24) is 14.6 Å². The Morgan fingerprint density at radius 1 is 1.00 bits per heavy atom. The third-order valence-electron chi connectivity index (χ3n) is 4.89. The Hall–Kier alpha value is -3.23. The van der Waals surface area contributed by atoms with E-state index in [1.807, 2.05) is 22.8 Å². The lowest BCUT2D eigenvalue weighted by Crippen LogP contribution is -2.12. The van der Waals surface area contributed by atoms with Crippen LogP contribution in [0.5, 0.6) is 0 Å². The van der Waals surface area contributed by atoms with Crippen LogP contribution in [0, 0.1) is 13.8 Å². The average Bonchev–Trinajstić information content (AvgIpc) is 3.11. The third kappa shape index (κ3) is 3.98. The molecule has 148 valence electrons. The van der Waals surface area contributed by atoms with Gasteiger partial charge in [0.1, 0.15) is 5.82 Å². The Bertz CT molecular complexity index is 1290. The van der Waals surface area contributed by atoms with Crippen LogP contribution in [-0.4, -0.2) is 23.0 Å². The van der Waals surface area contributed by atoms with Gasteiger partial charge in [0.15, 0.2) is 5.65 Å². The van der Waals surface area contributed by atoms with Crippen LogP contribution in [-0.2, 0) is 16.6 Å². The van der Waals surface area contributed by atoms with Crippen LogP contribution in [0.15, 0.2) is 65.7 Å². The van der Waals surface area contributed by atoms with Crippen LogP contribution < -0.4 is 10.5 Å². The molecule has 8 heteroatoms. The van der Waals surface area contributed by atoms with Gasteiger partial charge < -0.3 is 5.32 Å². The van der Waals surface area contributed by atoms with E-state index in [2.05, 4.69) is 47.4 Å². The lowest BCUT2D eigenvalue weighted by molar-refractivity contribution is 0.598. The molecule has 0 fully saturated rings. The van der Waals surface area contributed by atoms with E-state index in [0.29, 0.717) is 12.4 Å². The minimum Gasteiger partial charge on any atom is -0.365 e. The van der Waals surface area contributed by atoms with E-state index in [-0.39, 0.29) is 4.90 Å². The number of hydrogen-bond acceptors (Lipinski definition) is 5. The summed E-state index contributed by atoms with van der Waals surface area (Å²) in [7, 11) is -3.68. The van der Waals surface area contributed by atoms with Crippen molar-refractivity contribution in [2.75, 3.05) is 5.32 Å². The van der Waals surface area contributed by atoms with E-state index in [4.69, 9.17) is 5.14 Å². The molecular weight excluding hydrogens is 386 g/mol. The van der Waals surface area contributed by atoms with Gasteiger partial charge in [-0.3, -0.25) is 0 Å². The fourth-order valence-corrected chi connectivity index (χ4v) is 3.57. The van der Waals surface area contributed by atoms with E-state index in [0.717, 1.165) is 22.5 Å². The first-order valence-corrected chi connectivity index (χ1v) is 10.6. The quantitative estimate of drug-likeness (QED) is 0.529. The van der Waals surface area contributed by atoms with E-state index in [1.165, 1.54) is 23.3 Å². The number of benzene rings is 2. The highest BCUT2D eigenvalue weighted by Gasteiger charge is 2.10. The van der Waals surface area contributed by atoms with Crippen LogP contribution in [0.25, 0.3) is 16.9 Å². The maximum atomic E-state index is 11.4. The maximum absolute atomic E-state index is 11.4. The number of sulfonamides is 1. The number of anilines is 1. The van der Waals surface area contributed by atoms with Crippen molar-refractivity contribution in [1.29, 1.82) is 0 Å². The molecule has 4 aromatic rings. The molecule has 7 nitrogen and oxygen atoms in total. The molecule has 0 aliphatic heterocycles. The zero-order valence-corrected chi connectivity index (χ0v) is 16.9. The largest absolute Gasteiger partial charge is 0.365 e. The summed E-state index contributed by atoms with van der Waals surface area (Å²) < 4.78 is 24.5. The molecule has 0 saturated carbocycles. The Balaban J connectivity index is 1.58. The highest BCUT2D eigenvalue weighted by atomic mass is 32.2. The number of nitrogens with two attached hydrogens (primary N) is 1. The van der Waals surface area contributed by atoms with Crippen LogP contribution in [0.3, 0.4) is 0 Å². The van der Waals surface area contributed by atoms with Gasteiger partial charge in [-0.25, -0.2) is 23.1 Å². The standard InChI is InChI=1S/C21H21N5O2S/c1-14-3-6-17(11-15(14)2)19-13-24-21-10-9-20(25-26(19)21)23-12-16-4-7-18(8-5-16)29(22,27)28/h3-11,13H,12H2,1-2H3,(H,23,25)(H2,22,27,28). The number of nitrogens with zero attached hydrogens (tertiary/aromatic N) is 3. The fourth-order valence-electron chi connectivity index (χ4n) is 3.05. The summed E-state index contributed by atoms with van der Waals surface area (Å²) >= 11 is 0. The van der Waals surface area contributed by atoms with Crippen molar-refractivity contribution in [3.63, 3.8) is 0 Å². The molecule has 0 aliphatic rings. The van der Waals surface area contributed by atoms with Crippen LogP contribution in [0.2, 0.25) is 0 Å². The van der Waals surface area contributed by atoms with Crippen LogP contribution in [0.4, 0.5) is 5.82 Å².